The lowest BCUT2D eigenvalue weighted by atomic mass is 9.82. The van der Waals surface area contributed by atoms with Crippen LogP contribution in [0.5, 0.6) is 5.75 Å². The summed E-state index contributed by atoms with van der Waals surface area (Å²) >= 11 is 0. The van der Waals surface area contributed by atoms with Crippen molar-refractivity contribution in [3.8, 4) is 5.75 Å². The van der Waals surface area contributed by atoms with Crippen molar-refractivity contribution in [3.63, 3.8) is 0 Å². The van der Waals surface area contributed by atoms with Gasteiger partial charge in [-0.1, -0.05) is 36.9 Å². The van der Waals surface area contributed by atoms with Crippen LogP contribution in [0.3, 0.4) is 0 Å². The molecule has 2 aromatic carbocycles. The maximum atomic E-state index is 14.2. The minimum atomic E-state index is -0.565. The molecule has 148 valence electrons. The van der Waals surface area contributed by atoms with Crippen LogP contribution in [-0.4, -0.2) is 25.1 Å². The molecule has 1 saturated carbocycles. The van der Waals surface area contributed by atoms with Crippen LogP contribution in [0.15, 0.2) is 60.7 Å². The highest BCUT2D eigenvalue weighted by Gasteiger charge is 2.24. The smallest absolute Gasteiger partial charge is 0.251 e. The number of amides is 1. The van der Waals surface area contributed by atoms with E-state index in [9.17, 15) is 9.18 Å². The second-order valence-electron chi connectivity index (χ2n) is 7.32. The van der Waals surface area contributed by atoms with Gasteiger partial charge in [0.15, 0.2) is 11.6 Å². The molecule has 0 radical (unpaired) electrons. The summed E-state index contributed by atoms with van der Waals surface area (Å²) < 4.78 is 19.6. The van der Waals surface area contributed by atoms with E-state index in [4.69, 9.17) is 10.5 Å². The largest absolute Gasteiger partial charge is 0.486 e. The number of hydrogen-bond donors (Lipinski definition) is 2. The van der Waals surface area contributed by atoms with Gasteiger partial charge in [0.1, 0.15) is 6.61 Å². The molecule has 1 aliphatic rings. The highest BCUT2D eigenvalue weighted by molar-refractivity contribution is 5.94. The van der Waals surface area contributed by atoms with E-state index in [0.29, 0.717) is 17.1 Å². The van der Waals surface area contributed by atoms with Crippen molar-refractivity contribution in [3.05, 3.63) is 77.6 Å². The van der Waals surface area contributed by atoms with Gasteiger partial charge in [-0.3, -0.25) is 4.79 Å². The Morgan fingerprint density at radius 2 is 1.86 bits per heavy atom. The number of rotatable bonds is 7. The number of halogens is 1. The zero-order chi connectivity index (χ0) is 19.9. The van der Waals surface area contributed by atoms with Crippen LogP contribution >= 0.6 is 0 Å². The third-order valence-corrected chi connectivity index (χ3v) is 5.25. The van der Waals surface area contributed by atoms with E-state index in [0.717, 1.165) is 25.7 Å². The Morgan fingerprint density at radius 1 is 1.14 bits per heavy atom. The molecule has 0 bridgehead atoms. The molecule has 1 aliphatic carbocycles. The van der Waals surface area contributed by atoms with Crippen molar-refractivity contribution in [2.45, 2.75) is 37.6 Å². The molecule has 1 amide bonds. The van der Waals surface area contributed by atoms with Crippen molar-refractivity contribution >= 4 is 5.91 Å². The third-order valence-electron chi connectivity index (χ3n) is 5.25. The highest BCUT2D eigenvalue weighted by atomic mass is 19.1. The first-order valence-electron chi connectivity index (χ1n) is 9.71. The first kappa shape index (κ1) is 20.1. The monoisotopic (exact) mass is 382 g/mol. The average Bonchev–Trinajstić information content (AvgIpc) is 2.73. The summed E-state index contributed by atoms with van der Waals surface area (Å²) in [5, 5.41) is 3.04. The zero-order valence-corrected chi connectivity index (χ0v) is 16.0. The van der Waals surface area contributed by atoms with Crippen LogP contribution in [0, 0.1) is 5.82 Å². The Labute approximate surface area is 165 Å². The molecule has 0 heterocycles. The van der Waals surface area contributed by atoms with Crippen molar-refractivity contribution in [1.29, 1.82) is 0 Å². The molecule has 5 heteroatoms. The van der Waals surface area contributed by atoms with Gasteiger partial charge in [0, 0.05) is 18.2 Å². The molecule has 0 atom stereocenters. The third kappa shape index (κ3) is 5.20. The van der Waals surface area contributed by atoms with Crippen LogP contribution in [0.1, 0.15) is 47.5 Å². The van der Waals surface area contributed by atoms with Gasteiger partial charge in [-0.05, 0) is 60.9 Å². The summed E-state index contributed by atoms with van der Waals surface area (Å²) in [6.45, 7) is 4.16. The molecule has 0 spiro atoms. The van der Waals surface area contributed by atoms with Crippen molar-refractivity contribution in [2.24, 2.45) is 5.73 Å². The topological polar surface area (TPSA) is 64.3 Å². The number of ether oxygens (including phenoxy) is 1. The molecule has 4 nitrogen and oxygen atoms in total. The average molecular weight is 382 g/mol. The number of benzene rings is 2. The SMILES string of the molecule is C=C(CN)COc1ccc(C(=O)NC2CCC(c3ccccc3)CC2)cc1F. The molecular formula is C23H27FN2O2. The zero-order valence-electron chi connectivity index (χ0n) is 16.0. The fraction of sp³-hybridized carbons (Fsp3) is 0.348. The lowest BCUT2D eigenvalue weighted by Crippen LogP contribution is -2.37. The van der Waals surface area contributed by atoms with Crippen molar-refractivity contribution in [1.82, 2.24) is 5.32 Å². The standard InChI is InChI=1S/C23H27FN2O2/c1-16(14-25)15-28-22-12-9-19(13-21(22)24)23(27)26-20-10-7-18(8-11-20)17-5-3-2-4-6-17/h2-6,9,12-13,18,20H,1,7-8,10-11,14-15,25H2,(H,26,27). The van der Waals surface area contributed by atoms with Crippen molar-refractivity contribution in [2.75, 3.05) is 13.2 Å². The van der Waals surface area contributed by atoms with E-state index in [2.05, 4.69) is 36.2 Å². The van der Waals surface area contributed by atoms with Gasteiger partial charge < -0.3 is 15.8 Å². The minimum Gasteiger partial charge on any atom is -0.486 e. The molecule has 3 rings (SSSR count). The predicted molar refractivity (Wildman–Crippen MR) is 109 cm³/mol. The highest BCUT2D eigenvalue weighted by Crippen LogP contribution is 2.32. The van der Waals surface area contributed by atoms with Crippen LogP contribution in [0.25, 0.3) is 0 Å². The molecule has 0 aliphatic heterocycles. The molecule has 1 fully saturated rings. The summed E-state index contributed by atoms with van der Waals surface area (Å²) in [5.41, 5.74) is 7.78. The first-order chi connectivity index (χ1) is 13.6. The molecule has 0 saturated heterocycles. The number of carbonyl (C=O) groups is 1. The number of hydrogen-bond acceptors (Lipinski definition) is 3. The lowest BCUT2D eigenvalue weighted by Gasteiger charge is -2.29. The van der Waals surface area contributed by atoms with Gasteiger partial charge in [-0.2, -0.15) is 0 Å². The summed E-state index contributed by atoms with van der Waals surface area (Å²) in [6.07, 6.45) is 3.94. The van der Waals surface area contributed by atoms with Gasteiger partial charge in [0.2, 0.25) is 0 Å². The number of nitrogens with one attached hydrogen (secondary N) is 1. The van der Waals surface area contributed by atoms with E-state index < -0.39 is 5.82 Å². The van der Waals surface area contributed by atoms with E-state index in [1.54, 1.807) is 6.07 Å². The molecular weight excluding hydrogens is 355 g/mol. The second-order valence-corrected chi connectivity index (χ2v) is 7.32. The second kappa shape index (κ2) is 9.51. The van der Waals surface area contributed by atoms with Crippen LogP contribution in [-0.2, 0) is 0 Å². The lowest BCUT2D eigenvalue weighted by molar-refractivity contribution is 0.0925. The predicted octanol–water partition coefficient (Wildman–Crippen LogP) is 4.18. The Hall–Kier alpha value is -2.66. The molecule has 2 aromatic rings. The van der Waals surface area contributed by atoms with Crippen LogP contribution < -0.4 is 15.8 Å². The fourth-order valence-electron chi connectivity index (χ4n) is 3.56. The maximum absolute atomic E-state index is 14.2. The maximum Gasteiger partial charge on any atom is 0.251 e. The Kier molecular flexibility index (Phi) is 6.82. The molecule has 28 heavy (non-hydrogen) atoms. The van der Waals surface area contributed by atoms with Crippen LogP contribution in [0.4, 0.5) is 4.39 Å². The van der Waals surface area contributed by atoms with Gasteiger partial charge in [0.25, 0.3) is 5.91 Å². The summed E-state index contributed by atoms with van der Waals surface area (Å²) in [7, 11) is 0. The minimum absolute atomic E-state index is 0.0921. The molecule has 0 unspecified atom stereocenters. The Balaban J connectivity index is 1.52. The molecule has 3 N–H and O–H groups in total. The van der Waals surface area contributed by atoms with Gasteiger partial charge in [-0.15, -0.1) is 0 Å². The van der Waals surface area contributed by atoms with Crippen LogP contribution in [0.2, 0.25) is 0 Å². The van der Waals surface area contributed by atoms with Gasteiger partial charge >= 0.3 is 0 Å². The summed E-state index contributed by atoms with van der Waals surface area (Å²) in [5.74, 6) is -0.175. The number of carbonyl (C=O) groups excluding carboxylic acids is 1. The number of nitrogens with two attached hydrogens (primary N) is 1. The summed E-state index contributed by atoms with van der Waals surface area (Å²) in [4.78, 5) is 12.5. The first-order valence-corrected chi connectivity index (χ1v) is 9.71. The van der Waals surface area contributed by atoms with E-state index in [-0.39, 0.29) is 30.9 Å². The Morgan fingerprint density at radius 3 is 2.50 bits per heavy atom. The van der Waals surface area contributed by atoms with Gasteiger partial charge in [0.05, 0.1) is 0 Å². The van der Waals surface area contributed by atoms with E-state index >= 15 is 0 Å². The van der Waals surface area contributed by atoms with Crippen molar-refractivity contribution < 1.29 is 13.9 Å². The van der Waals surface area contributed by atoms with E-state index in [1.807, 2.05) is 6.07 Å². The molecule has 0 aromatic heterocycles. The Bertz CT molecular complexity index is 815. The summed E-state index contributed by atoms with van der Waals surface area (Å²) in [6, 6.07) is 14.9. The normalized spacial score (nSPS) is 19.1. The van der Waals surface area contributed by atoms with Gasteiger partial charge in [-0.25, -0.2) is 4.39 Å². The quantitative estimate of drug-likeness (QED) is 0.706. The fourth-order valence-corrected chi connectivity index (χ4v) is 3.56. The van der Waals surface area contributed by atoms with E-state index in [1.165, 1.54) is 17.7 Å².